The molecule has 0 fully saturated rings. The van der Waals surface area contributed by atoms with Gasteiger partial charge in [-0.15, -0.1) is 0 Å². The number of furan rings is 1. The van der Waals surface area contributed by atoms with Crippen LogP contribution in [0.1, 0.15) is 34.6 Å². The number of nitro groups is 1. The molecule has 11 nitrogen and oxygen atoms in total. The predicted octanol–water partition coefficient (Wildman–Crippen LogP) is 2.48. The summed E-state index contributed by atoms with van der Waals surface area (Å²) in [5.41, 5.74) is 6.73. The molecule has 0 aliphatic carbocycles. The minimum absolute atomic E-state index is 0.0139. The van der Waals surface area contributed by atoms with Crippen LogP contribution in [0.3, 0.4) is 0 Å². The molecule has 0 aromatic carbocycles. The highest BCUT2D eigenvalue weighted by atomic mass is 16.6. The number of carbonyl (C=O) groups excluding carboxylic acids is 1. The zero-order valence-electron chi connectivity index (χ0n) is 15.4. The monoisotopic (exact) mass is 387 g/mol. The van der Waals surface area contributed by atoms with Gasteiger partial charge in [-0.05, 0) is 35.9 Å². The number of nitrogens with zero attached hydrogens (tertiary/aromatic N) is 4. The molecule has 146 valence electrons. The van der Waals surface area contributed by atoms with Crippen LogP contribution in [0.2, 0.25) is 0 Å². The van der Waals surface area contributed by atoms with Crippen molar-refractivity contribution in [3.63, 3.8) is 0 Å². The van der Waals surface area contributed by atoms with Gasteiger partial charge in [0.15, 0.2) is 5.82 Å². The summed E-state index contributed by atoms with van der Waals surface area (Å²) < 4.78 is 16.0. The molecule has 3 heterocycles. The van der Waals surface area contributed by atoms with Crippen LogP contribution < -0.4 is 10.5 Å². The average Bonchev–Trinajstić information content (AvgIpc) is 2.97. The molecule has 0 amide bonds. The average molecular weight is 387 g/mol. The van der Waals surface area contributed by atoms with Gasteiger partial charge in [0.05, 0.1) is 12.0 Å². The third-order valence-electron chi connectivity index (χ3n) is 3.79. The van der Waals surface area contributed by atoms with E-state index in [-0.39, 0.29) is 47.3 Å². The molecular formula is C17H17N5O6. The highest BCUT2D eigenvalue weighted by Gasteiger charge is 2.24. The van der Waals surface area contributed by atoms with E-state index >= 15 is 0 Å². The zero-order valence-corrected chi connectivity index (χ0v) is 15.4. The van der Waals surface area contributed by atoms with Crippen LogP contribution >= 0.6 is 0 Å². The maximum Gasteiger partial charge on any atom is 0.406 e. The van der Waals surface area contributed by atoms with E-state index in [0.29, 0.717) is 11.5 Å². The van der Waals surface area contributed by atoms with E-state index in [4.69, 9.17) is 19.6 Å². The van der Waals surface area contributed by atoms with Gasteiger partial charge in [0.1, 0.15) is 29.4 Å². The number of rotatable bonds is 6. The third-order valence-corrected chi connectivity index (χ3v) is 3.79. The standard InChI is InChI=1S/C17H17N5O6/c1-4-26-17(23)12-9(3)28-16-13(12)14(18)20-11(21-16)7-27-10-6-5-8(2)19-15(10)22(24)25/h5-6H,4,7H2,1-3H3,(H2,18,20,21). The fraction of sp³-hybridized carbons (Fsp3) is 0.294. The highest BCUT2D eigenvalue weighted by molar-refractivity contribution is 6.07. The molecule has 0 unspecified atom stereocenters. The SMILES string of the molecule is CCOC(=O)c1c(C)oc2nc(COc3ccc(C)nc3[N+](=O)[O-])nc(N)c12. The number of ether oxygens (including phenoxy) is 2. The lowest BCUT2D eigenvalue weighted by atomic mass is 10.2. The Morgan fingerprint density at radius 2 is 2.04 bits per heavy atom. The zero-order chi connectivity index (χ0) is 20.4. The van der Waals surface area contributed by atoms with E-state index in [9.17, 15) is 14.9 Å². The van der Waals surface area contributed by atoms with Gasteiger partial charge in [0, 0.05) is 6.92 Å². The van der Waals surface area contributed by atoms with E-state index in [0.717, 1.165) is 0 Å². The summed E-state index contributed by atoms with van der Waals surface area (Å²) in [4.78, 5) is 34.8. The van der Waals surface area contributed by atoms with Crippen LogP contribution in [0.4, 0.5) is 11.6 Å². The van der Waals surface area contributed by atoms with E-state index in [1.807, 2.05) is 0 Å². The van der Waals surface area contributed by atoms with Crippen LogP contribution in [-0.4, -0.2) is 32.5 Å². The van der Waals surface area contributed by atoms with E-state index in [1.54, 1.807) is 26.8 Å². The van der Waals surface area contributed by atoms with Crippen molar-refractivity contribution < 1.29 is 23.6 Å². The van der Waals surface area contributed by atoms with E-state index in [2.05, 4.69) is 15.0 Å². The van der Waals surface area contributed by atoms with Crippen LogP contribution in [0.25, 0.3) is 11.1 Å². The van der Waals surface area contributed by atoms with Crippen molar-refractivity contribution in [2.75, 3.05) is 12.3 Å². The van der Waals surface area contributed by atoms with Crippen molar-refractivity contribution in [1.82, 2.24) is 15.0 Å². The number of pyridine rings is 1. The predicted molar refractivity (Wildman–Crippen MR) is 96.9 cm³/mol. The molecule has 0 radical (unpaired) electrons. The van der Waals surface area contributed by atoms with Crippen molar-refractivity contribution in [2.24, 2.45) is 0 Å². The van der Waals surface area contributed by atoms with Crippen molar-refractivity contribution in [1.29, 1.82) is 0 Å². The number of aromatic nitrogens is 3. The second-order valence-corrected chi connectivity index (χ2v) is 5.78. The van der Waals surface area contributed by atoms with Gasteiger partial charge in [0.25, 0.3) is 0 Å². The fourth-order valence-electron chi connectivity index (χ4n) is 2.61. The normalized spacial score (nSPS) is 10.8. The molecule has 0 saturated carbocycles. The topological polar surface area (TPSA) is 157 Å². The lowest BCUT2D eigenvalue weighted by Crippen LogP contribution is -2.09. The van der Waals surface area contributed by atoms with Gasteiger partial charge < -0.3 is 29.7 Å². The first-order valence-electron chi connectivity index (χ1n) is 8.29. The Labute approximate surface area is 158 Å². The molecule has 0 spiro atoms. The third kappa shape index (κ3) is 3.54. The van der Waals surface area contributed by atoms with Crippen LogP contribution in [0.5, 0.6) is 5.75 Å². The van der Waals surface area contributed by atoms with Crippen molar-refractivity contribution in [3.05, 3.63) is 45.1 Å². The first-order chi connectivity index (χ1) is 13.3. The Balaban J connectivity index is 1.92. The maximum absolute atomic E-state index is 12.1. The van der Waals surface area contributed by atoms with Gasteiger partial charge >= 0.3 is 11.8 Å². The largest absolute Gasteiger partial charge is 0.477 e. The molecule has 0 aliphatic rings. The molecule has 2 N–H and O–H groups in total. The molecule has 3 aromatic rings. The lowest BCUT2D eigenvalue weighted by molar-refractivity contribution is -0.390. The van der Waals surface area contributed by atoms with Gasteiger partial charge in [0.2, 0.25) is 11.5 Å². The van der Waals surface area contributed by atoms with Crippen LogP contribution in [0.15, 0.2) is 16.5 Å². The molecule has 0 bridgehead atoms. The maximum atomic E-state index is 12.1. The Bertz CT molecular complexity index is 1080. The minimum Gasteiger partial charge on any atom is -0.477 e. The summed E-state index contributed by atoms with van der Waals surface area (Å²) in [6.07, 6.45) is 0. The molecule has 0 atom stereocenters. The Morgan fingerprint density at radius 1 is 1.29 bits per heavy atom. The van der Waals surface area contributed by atoms with Crippen molar-refractivity contribution >= 4 is 28.7 Å². The second-order valence-electron chi connectivity index (χ2n) is 5.78. The Kier molecular flexibility index (Phi) is 5.07. The quantitative estimate of drug-likeness (QED) is 0.378. The van der Waals surface area contributed by atoms with Gasteiger partial charge in [-0.3, -0.25) is 0 Å². The number of hydrogen-bond acceptors (Lipinski definition) is 10. The number of esters is 1. The van der Waals surface area contributed by atoms with Crippen molar-refractivity contribution in [2.45, 2.75) is 27.4 Å². The summed E-state index contributed by atoms with van der Waals surface area (Å²) in [6.45, 7) is 4.89. The van der Waals surface area contributed by atoms with E-state index in [1.165, 1.54) is 6.07 Å². The molecule has 0 saturated heterocycles. The molecule has 11 heteroatoms. The number of hydrogen-bond donors (Lipinski definition) is 1. The Hall–Kier alpha value is -3.76. The van der Waals surface area contributed by atoms with E-state index < -0.39 is 16.7 Å². The highest BCUT2D eigenvalue weighted by Crippen LogP contribution is 2.30. The summed E-state index contributed by atoms with van der Waals surface area (Å²) in [5, 5.41) is 11.4. The number of nitrogens with two attached hydrogens (primary N) is 1. The van der Waals surface area contributed by atoms with Crippen LogP contribution in [0, 0.1) is 24.0 Å². The number of carbonyl (C=O) groups is 1. The number of anilines is 1. The minimum atomic E-state index is -0.637. The summed E-state index contributed by atoms with van der Waals surface area (Å²) >= 11 is 0. The molecule has 0 aliphatic heterocycles. The van der Waals surface area contributed by atoms with Gasteiger partial charge in [-0.2, -0.15) is 4.98 Å². The van der Waals surface area contributed by atoms with Gasteiger partial charge in [-0.25, -0.2) is 9.78 Å². The molecule has 3 aromatic heterocycles. The van der Waals surface area contributed by atoms with Gasteiger partial charge in [-0.1, -0.05) is 0 Å². The first-order valence-corrected chi connectivity index (χ1v) is 8.29. The van der Waals surface area contributed by atoms with Crippen molar-refractivity contribution in [3.8, 4) is 5.75 Å². The first kappa shape index (κ1) is 19.0. The summed E-state index contributed by atoms with van der Waals surface area (Å²) in [7, 11) is 0. The summed E-state index contributed by atoms with van der Waals surface area (Å²) in [6, 6.07) is 3.03. The fourth-order valence-corrected chi connectivity index (χ4v) is 2.61. The molecule has 28 heavy (non-hydrogen) atoms. The second kappa shape index (κ2) is 7.47. The smallest absolute Gasteiger partial charge is 0.406 e. The number of fused-ring (bicyclic) bond motifs is 1. The Morgan fingerprint density at radius 3 is 2.71 bits per heavy atom. The number of nitrogen functional groups attached to an aromatic ring is 1. The number of aryl methyl sites for hydroxylation is 2. The molecule has 3 rings (SSSR count). The molecular weight excluding hydrogens is 370 g/mol. The lowest BCUT2D eigenvalue weighted by Gasteiger charge is -2.07. The van der Waals surface area contributed by atoms with Crippen LogP contribution in [-0.2, 0) is 11.3 Å². The summed E-state index contributed by atoms with van der Waals surface area (Å²) in [5.74, 6) is -0.581.